The molecule has 0 aromatic carbocycles. The summed E-state index contributed by atoms with van der Waals surface area (Å²) in [6, 6.07) is 0. The van der Waals surface area contributed by atoms with E-state index in [-0.39, 0.29) is 0 Å². The van der Waals surface area contributed by atoms with Crippen molar-refractivity contribution in [2.75, 3.05) is 0 Å². The average molecular weight is 149 g/mol. The Morgan fingerprint density at radius 2 is 2.09 bits per heavy atom. The molecule has 5 heteroatoms. The largest absolute Gasteiger partial charge is 0.222 e. The van der Waals surface area contributed by atoms with Crippen LogP contribution in [0.4, 0.5) is 0 Å². The lowest BCUT2D eigenvalue weighted by molar-refractivity contribution is 0.781. The normalized spacial score (nSPS) is 10.7. The van der Waals surface area contributed by atoms with Gasteiger partial charge in [0, 0.05) is 0 Å². The van der Waals surface area contributed by atoms with Gasteiger partial charge < -0.3 is 0 Å². The molecular formula is C6H7N5. The highest BCUT2D eigenvalue weighted by molar-refractivity contribution is 5.40. The monoisotopic (exact) mass is 149 g/mol. The molecule has 0 saturated heterocycles. The van der Waals surface area contributed by atoms with Gasteiger partial charge in [-0.05, 0) is 13.8 Å². The number of aromatic nitrogens is 5. The van der Waals surface area contributed by atoms with Crippen LogP contribution in [0, 0.1) is 13.8 Å². The molecule has 0 aliphatic carbocycles. The molecule has 0 bridgehead atoms. The van der Waals surface area contributed by atoms with Crippen LogP contribution in [0.1, 0.15) is 11.5 Å². The maximum absolute atomic E-state index is 4.03. The Labute approximate surface area is 63.1 Å². The van der Waals surface area contributed by atoms with E-state index in [2.05, 4.69) is 20.3 Å². The van der Waals surface area contributed by atoms with Gasteiger partial charge >= 0.3 is 0 Å². The van der Waals surface area contributed by atoms with Crippen LogP contribution in [0.25, 0.3) is 5.65 Å². The Morgan fingerprint density at radius 3 is 2.82 bits per heavy atom. The minimum Gasteiger partial charge on any atom is -0.222 e. The van der Waals surface area contributed by atoms with Crippen molar-refractivity contribution in [1.29, 1.82) is 0 Å². The maximum atomic E-state index is 4.03. The van der Waals surface area contributed by atoms with Gasteiger partial charge in [-0.3, -0.25) is 0 Å². The molecule has 0 radical (unpaired) electrons. The van der Waals surface area contributed by atoms with Crippen LogP contribution >= 0.6 is 0 Å². The number of hydrogen-bond donors (Lipinski definition) is 0. The summed E-state index contributed by atoms with van der Waals surface area (Å²) in [6.07, 6.45) is 1.51. The Balaban J connectivity index is 2.94. The molecule has 11 heavy (non-hydrogen) atoms. The molecule has 2 aromatic heterocycles. The summed E-state index contributed by atoms with van der Waals surface area (Å²) in [5.74, 6) is 0.801. The van der Waals surface area contributed by atoms with Crippen LogP contribution in [-0.2, 0) is 0 Å². The zero-order valence-corrected chi connectivity index (χ0v) is 6.31. The summed E-state index contributed by atoms with van der Waals surface area (Å²) in [6.45, 7) is 3.73. The van der Waals surface area contributed by atoms with Crippen molar-refractivity contribution in [2.24, 2.45) is 0 Å². The average Bonchev–Trinajstić information content (AvgIpc) is 2.35. The van der Waals surface area contributed by atoms with Crippen molar-refractivity contribution in [2.45, 2.75) is 13.8 Å². The van der Waals surface area contributed by atoms with E-state index in [0.717, 1.165) is 17.2 Å². The SMILES string of the molecule is Cc1nnn2c(C)ncnc12. The molecule has 0 atom stereocenters. The number of aryl methyl sites for hydroxylation is 2. The molecule has 0 spiro atoms. The highest BCUT2D eigenvalue weighted by atomic mass is 15.4. The van der Waals surface area contributed by atoms with Gasteiger partial charge in [0.2, 0.25) is 0 Å². The zero-order chi connectivity index (χ0) is 7.84. The van der Waals surface area contributed by atoms with Gasteiger partial charge in [0.25, 0.3) is 0 Å². The molecule has 0 amide bonds. The third kappa shape index (κ3) is 0.772. The lowest BCUT2D eigenvalue weighted by Gasteiger charge is -1.92. The highest BCUT2D eigenvalue weighted by Crippen LogP contribution is 2.01. The minimum absolute atomic E-state index is 0.775. The summed E-state index contributed by atoms with van der Waals surface area (Å²) in [7, 11) is 0. The van der Waals surface area contributed by atoms with Crippen LogP contribution in [0.5, 0.6) is 0 Å². The molecule has 0 N–H and O–H groups in total. The van der Waals surface area contributed by atoms with Crippen LogP contribution in [0.3, 0.4) is 0 Å². The molecule has 56 valence electrons. The molecule has 0 fully saturated rings. The van der Waals surface area contributed by atoms with Crippen molar-refractivity contribution in [3.63, 3.8) is 0 Å². The molecule has 2 heterocycles. The lowest BCUT2D eigenvalue weighted by atomic mass is 10.5. The molecule has 0 aliphatic rings. The van der Waals surface area contributed by atoms with Crippen molar-refractivity contribution in [1.82, 2.24) is 24.8 Å². The summed E-state index contributed by atoms with van der Waals surface area (Å²) in [4.78, 5) is 8.00. The molecule has 2 aromatic rings. The quantitative estimate of drug-likeness (QED) is 0.534. The number of rotatable bonds is 0. The Kier molecular flexibility index (Phi) is 1.12. The van der Waals surface area contributed by atoms with E-state index >= 15 is 0 Å². The van der Waals surface area contributed by atoms with E-state index in [1.165, 1.54) is 6.33 Å². The third-order valence-corrected chi connectivity index (χ3v) is 1.54. The van der Waals surface area contributed by atoms with Gasteiger partial charge in [0.05, 0.1) is 0 Å². The van der Waals surface area contributed by atoms with Crippen LogP contribution in [-0.4, -0.2) is 24.8 Å². The second-order valence-corrected chi connectivity index (χ2v) is 2.33. The summed E-state index contributed by atoms with van der Waals surface area (Å²) < 4.78 is 1.62. The van der Waals surface area contributed by atoms with E-state index < -0.39 is 0 Å². The molecule has 0 saturated carbocycles. The number of fused-ring (bicyclic) bond motifs is 1. The van der Waals surface area contributed by atoms with Gasteiger partial charge in [-0.1, -0.05) is 5.21 Å². The molecule has 0 aliphatic heterocycles. The van der Waals surface area contributed by atoms with Gasteiger partial charge in [0.1, 0.15) is 17.8 Å². The Morgan fingerprint density at radius 1 is 1.27 bits per heavy atom. The fourth-order valence-corrected chi connectivity index (χ4v) is 0.940. The zero-order valence-electron chi connectivity index (χ0n) is 6.31. The van der Waals surface area contributed by atoms with Gasteiger partial charge in [-0.15, -0.1) is 5.10 Å². The second kappa shape index (κ2) is 1.98. The van der Waals surface area contributed by atoms with Gasteiger partial charge in [0.15, 0.2) is 5.65 Å². The summed E-state index contributed by atoms with van der Waals surface area (Å²) >= 11 is 0. The minimum atomic E-state index is 0.775. The van der Waals surface area contributed by atoms with Crippen LogP contribution < -0.4 is 0 Å². The van der Waals surface area contributed by atoms with Crippen molar-refractivity contribution >= 4 is 5.65 Å². The third-order valence-electron chi connectivity index (χ3n) is 1.54. The smallest absolute Gasteiger partial charge is 0.182 e. The van der Waals surface area contributed by atoms with Crippen LogP contribution in [0.2, 0.25) is 0 Å². The first-order chi connectivity index (χ1) is 5.29. The first-order valence-electron chi connectivity index (χ1n) is 3.28. The topological polar surface area (TPSA) is 56.0 Å². The van der Waals surface area contributed by atoms with E-state index in [9.17, 15) is 0 Å². The maximum Gasteiger partial charge on any atom is 0.182 e. The standard InChI is InChI=1S/C6H7N5/c1-4-6-8-3-7-5(2)11(6)10-9-4/h3H,1-2H3. The van der Waals surface area contributed by atoms with Crippen molar-refractivity contribution < 1.29 is 0 Å². The van der Waals surface area contributed by atoms with E-state index in [4.69, 9.17) is 0 Å². The molecule has 2 rings (SSSR count). The lowest BCUT2D eigenvalue weighted by Crippen LogP contribution is -1.98. The number of nitrogens with zero attached hydrogens (tertiary/aromatic N) is 5. The fraction of sp³-hybridized carbons (Fsp3) is 0.333. The van der Waals surface area contributed by atoms with E-state index in [0.29, 0.717) is 0 Å². The van der Waals surface area contributed by atoms with E-state index in [1.807, 2.05) is 13.8 Å². The Hall–Kier alpha value is -1.52. The fourth-order valence-electron chi connectivity index (χ4n) is 0.940. The van der Waals surface area contributed by atoms with Crippen LogP contribution in [0.15, 0.2) is 6.33 Å². The van der Waals surface area contributed by atoms with Gasteiger partial charge in [-0.2, -0.15) is 4.52 Å². The number of hydrogen-bond acceptors (Lipinski definition) is 4. The predicted molar refractivity (Wildman–Crippen MR) is 38.1 cm³/mol. The highest BCUT2D eigenvalue weighted by Gasteiger charge is 2.03. The van der Waals surface area contributed by atoms with Crippen molar-refractivity contribution in [3.8, 4) is 0 Å². The van der Waals surface area contributed by atoms with Crippen molar-refractivity contribution in [3.05, 3.63) is 17.8 Å². The molecule has 5 nitrogen and oxygen atoms in total. The molecular weight excluding hydrogens is 142 g/mol. The first kappa shape index (κ1) is 6.21. The second-order valence-electron chi connectivity index (χ2n) is 2.33. The summed E-state index contributed by atoms with van der Waals surface area (Å²) in [5.41, 5.74) is 1.60. The van der Waals surface area contributed by atoms with Gasteiger partial charge in [-0.25, -0.2) is 9.97 Å². The van der Waals surface area contributed by atoms with E-state index in [1.54, 1.807) is 4.52 Å². The molecule has 0 unspecified atom stereocenters. The Bertz CT molecular complexity index is 391. The first-order valence-corrected chi connectivity index (χ1v) is 3.28. The summed E-state index contributed by atoms with van der Waals surface area (Å²) in [5, 5.41) is 7.73. The predicted octanol–water partition coefficient (Wildman–Crippen LogP) is 0.136.